The third-order valence-corrected chi connectivity index (χ3v) is 4.71. The van der Waals surface area contributed by atoms with Gasteiger partial charge < -0.3 is 4.74 Å². The average molecular weight is 336 g/mol. The van der Waals surface area contributed by atoms with Crippen LogP contribution in [0.15, 0.2) is 43.0 Å². The third kappa shape index (κ3) is 3.72. The maximum atomic E-state index is 5.88. The molecule has 0 radical (unpaired) electrons. The first-order chi connectivity index (χ1) is 12.3. The number of aromatic nitrogens is 3. The van der Waals surface area contributed by atoms with Gasteiger partial charge >= 0.3 is 0 Å². The van der Waals surface area contributed by atoms with Crippen molar-refractivity contribution >= 4 is 11.0 Å². The number of ether oxygens (including phenoxy) is 1. The van der Waals surface area contributed by atoms with Gasteiger partial charge in [-0.15, -0.1) is 0 Å². The summed E-state index contributed by atoms with van der Waals surface area (Å²) in [5, 5.41) is 1.13. The molecule has 3 aromatic heterocycles. The van der Waals surface area contributed by atoms with E-state index in [-0.39, 0.29) is 0 Å². The summed E-state index contributed by atoms with van der Waals surface area (Å²) in [6.45, 7) is 5.69. The average Bonchev–Trinajstić information content (AvgIpc) is 3.06. The Labute approximate surface area is 148 Å². The first-order valence-corrected chi connectivity index (χ1v) is 8.98. The van der Waals surface area contributed by atoms with Gasteiger partial charge in [-0.25, -0.2) is 4.98 Å². The Kier molecular flexibility index (Phi) is 4.76. The molecule has 5 heteroatoms. The highest BCUT2D eigenvalue weighted by atomic mass is 16.5. The van der Waals surface area contributed by atoms with Crippen LogP contribution < -0.4 is 0 Å². The second-order valence-electron chi connectivity index (χ2n) is 6.82. The molecule has 5 nitrogen and oxygen atoms in total. The Morgan fingerprint density at radius 2 is 1.96 bits per heavy atom. The summed E-state index contributed by atoms with van der Waals surface area (Å²) in [5.74, 6) is 0. The smallest absolute Gasteiger partial charge is 0.144 e. The molecule has 0 bridgehead atoms. The number of likely N-dealkylation sites (tertiary alicyclic amines) is 1. The molecule has 0 aromatic carbocycles. The fraction of sp³-hybridized carbons (Fsp3) is 0.400. The van der Waals surface area contributed by atoms with E-state index in [1.165, 1.54) is 19.3 Å². The number of hydrogen-bond acceptors (Lipinski definition) is 4. The minimum atomic E-state index is 0.608. The van der Waals surface area contributed by atoms with Crippen LogP contribution in [0.3, 0.4) is 0 Å². The van der Waals surface area contributed by atoms with Crippen LogP contribution in [0.5, 0.6) is 0 Å². The van der Waals surface area contributed by atoms with Crippen molar-refractivity contribution in [3.05, 3.63) is 54.1 Å². The topological polar surface area (TPSA) is 43.2 Å². The van der Waals surface area contributed by atoms with Gasteiger partial charge in [0.15, 0.2) is 0 Å². The maximum absolute atomic E-state index is 5.88. The van der Waals surface area contributed by atoms with Crippen molar-refractivity contribution in [1.82, 2.24) is 19.4 Å². The molecular weight excluding hydrogens is 312 g/mol. The highest BCUT2D eigenvalue weighted by Crippen LogP contribution is 2.20. The first-order valence-electron chi connectivity index (χ1n) is 8.98. The van der Waals surface area contributed by atoms with Crippen LogP contribution in [0.2, 0.25) is 0 Å². The molecule has 130 valence electrons. The van der Waals surface area contributed by atoms with Gasteiger partial charge in [-0.2, -0.15) is 0 Å². The molecule has 1 fully saturated rings. The molecule has 0 unspecified atom stereocenters. The van der Waals surface area contributed by atoms with E-state index in [1.54, 1.807) is 0 Å². The Morgan fingerprint density at radius 1 is 1.08 bits per heavy atom. The molecule has 1 aliphatic heterocycles. The van der Waals surface area contributed by atoms with E-state index in [0.29, 0.717) is 13.3 Å². The van der Waals surface area contributed by atoms with Gasteiger partial charge in [0, 0.05) is 37.1 Å². The molecule has 3 aromatic rings. The third-order valence-electron chi connectivity index (χ3n) is 4.71. The maximum Gasteiger partial charge on any atom is 0.144 e. The van der Waals surface area contributed by atoms with Gasteiger partial charge in [-0.3, -0.25) is 14.5 Å². The van der Waals surface area contributed by atoms with E-state index in [1.807, 2.05) is 31.7 Å². The normalized spacial score (nSPS) is 15.7. The molecule has 25 heavy (non-hydrogen) atoms. The molecule has 4 heterocycles. The quantitative estimate of drug-likeness (QED) is 0.713. The minimum Gasteiger partial charge on any atom is -0.361 e. The van der Waals surface area contributed by atoms with Crippen LogP contribution in [0, 0.1) is 6.92 Å². The van der Waals surface area contributed by atoms with E-state index in [2.05, 4.69) is 37.6 Å². The van der Waals surface area contributed by atoms with Crippen molar-refractivity contribution < 1.29 is 4.74 Å². The molecule has 0 atom stereocenters. The number of hydrogen-bond donors (Lipinski definition) is 0. The summed E-state index contributed by atoms with van der Waals surface area (Å²) < 4.78 is 7.96. The van der Waals surface area contributed by atoms with Crippen molar-refractivity contribution in [2.45, 2.75) is 32.8 Å². The van der Waals surface area contributed by atoms with E-state index >= 15 is 0 Å². The predicted molar refractivity (Wildman–Crippen MR) is 98.7 cm³/mol. The number of pyridine rings is 2. The van der Waals surface area contributed by atoms with Crippen LogP contribution >= 0.6 is 0 Å². The predicted octanol–water partition coefficient (Wildman–Crippen LogP) is 3.69. The van der Waals surface area contributed by atoms with Gasteiger partial charge in [0.25, 0.3) is 0 Å². The number of rotatable bonds is 5. The zero-order chi connectivity index (χ0) is 17.1. The Hall–Kier alpha value is -2.24. The number of piperidine rings is 1. The highest BCUT2D eigenvalue weighted by Gasteiger charge is 2.10. The van der Waals surface area contributed by atoms with Crippen LogP contribution in [0.4, 0.5) is 0 Å². The van der Waals surface area contributed by atoms with Gasteiger partial charge in [-0.1, -0.05) is 6.42 Å². The van der Waals surface area contributed by atoms with E-state index in [4.69, 9.17) is 4.74 Å². The van der Waals surface area contributed by atoms with Crippen molar-refractivity contribution in [3.63, 3.8) is 0 Å². The Bertz CT molecular complexity index is 852. The molecule has 0 aliphatic carbocycles. The zero-order valence-corrected chi connectivity index (χ0v) is 14.7. The lowest BCUT2D eigenvalue weighted by molar-refractivity contribution is 0.00970. The monoisotopic (exact) mass is 336 g/mol. The standard InChI is InChI=1S/C20H24N4O/c1-16-9-19(13-21-11-16)24-8-5-18-10-17(12-22-20(18)24)14-25-15-23-6-3-2-4-7-23/h5,8-13H,2-4,6-7,14-15H2,1H3. The van der Waals surface area contributed by atoms with Crippen LogP contribution in [0.1, 0.15) is 30.4 Å². The molecule has 0 N–H and O–H groups in total. The molecular formula is C20H24N4O. The molecule has 0 saturated carbocycles. The van der Waals surface area contributed by atoms with Crippen molar-refractivity contribution in [2.75, 3.05) is 19.8 Å². The second kappa shape index (κ2) is 7.33. The van der Waals surface area contributed by atoms with Crippen LogP contribution in [0.25, 0.3) is 16.7 Å². The molecule has 1 saturated heterocycles. The fourth-order valence-electron chi connectivity index (χ4n) is 3.41. The summed E-state index contributed by atoms with van der Waals surface area (Å²) in [4.78, 5) is 11.3. The molecule has 4 rings (SSSR count). The number of aryl methyl sites for hydroxylation is 1. The number of fused-ring (bicyclic) bond motifs is 1. The fourth-order valence-corrected chi connectivity index (χ4v) is 3.41. The largest absolute Gasteiger partial charge is 0.361 e. The summed E-state index contributed by atoms with van der Waals surface area (Å²) >= 11 is 0. The molecule has 0 amide bonds. The van der Waals surface area contributed by atoms with Crippen LogP contribution in [-0.2, 0) is 11.3 Å². The van der Waals surface area contributed by atoms with Crippen molar-refractivity contribution in [1.29, 1.82) is 0 Å². The minimum absolute atomic E-state index is 0.608. The summed E-state index contributed by atoms with van der Waals surface area (Å²) in [6, 6.07) is 6.38. The van der Waals surface area contributed by atoms with Gasteiger partial charge in [0.2, 0.25) is 0 Å². The van der Waals surface area contributed by atoms with Crippen LogP contribution in [-0.4, -0.2) is 39.3 Å². The first kappa shape index (κ1) is 16.2. The van der Waals surface area contributed by atoms with E-state index < -0.39 is 0 Å². The lowest BCUT2D eigenvalue weighted by Gasteiger charge is -2.25. The zero-order valence-electron chi connectivity index (χ0n) is 14.7. The Balaban J connectivity index is 1.46. The van der Waals surface area contributed by atoms with E-state index in [9.17, 15) is 0 Å². The summed E-state index contributed by atoms with van der Waals surface area (Å²) in [5.41, 5.74) is 4.25. The SMILES string of the molecule is Cc1cncc(-n2ccc3cc(COCN4CCCCC4)cnc32)c1. The molecule has 0 spiro atoms. The van der Waals surface area contributed by atoms with Gasteiger partial charge in [0.05, 0.1) is 25.2 Å². The Morgan fingerprint density at radius 3 is 2.80 bits per heavy atom. The van der Waals surface area contributed by atoms with Crippen molar-refractivity contribution in [3.8, 4) is 5.69 Å². The van der Waals surface area contributed by atoms with Gasteiger partial charge in [-0.05, 0) is 49.1 Å². The highest BCUT2D eigenvalue weighted by molar-refractivity contribution is 5.78. The second-order valence-corrected chi connectivity index (χ2v) is 6.82. The summed E-state index contributed by atoms with van der Waals surface area (Å²) in [7, 11) is 0. The lowest BCUT2D eigenvalue weighted by Crippen LogP contribution is -2.31. The van der Waals surface area contributed by atoms with Crippen molar-refractivity contribution in [2.24, 2.45) is 0 Å². The molecule has 1 aliphatic rings. The number of nitrogens with zero attached hydrogens (tertiary/aromatic N) is 4. The summed E-state index contributed by atoms with van der Waals surface area (Å²) in [6.07, 6.45) is 11.6. The lowest BCUT2D eigenvalue weighted by atomic mass is 10.1. The van der Waals surface area contributed by atoms with E-state index in [0.717, 1.165) is 40.9 Å². The van der Waals surface area contributed by atoms with Gasteiger partial charge in [0.1, 0.15) is 5.65 Å².